The molecule has 1 aliphatic rings. The van der Waals surface area contributed by atoms with Crippen LogP contribution in [-0.4, -0.2) is 18.0 Å². The molecule has 0 aromatic heterocycles. The molecule has 0 amide bonds. The Morgan fingerprint density at radius 2 is 1.83 bits per heavy atom. The van der Waals surface area contributed by atoms with E-state index in [1.165, 1.54) is 24.8 Å². The van der Waals surface area contributed by atoms with E-state index < -0.39 is 0 Å². The molecule has 0 radical (unpaired) electrons. The first-order valence-corrected chi connectivity index (χ1v) is 9.64. The highest BCUT2D eigenvalue weighted by atomic mass is 35.5. The van der Waals surface area contributed by atoms with E-state index in [4.69, 9.17) is 11.6 Å². The summed E-state index contributed by atoms with van der Waals surface area (Å²) in [6, 6.07) is 10.7. The van der Waals surface area contributed by atoms with Gasteiger partial charge >= 0.3 is 0 Å². The van der Waals surface area contributed by atoms with Crippen LogP contribution in [-0.2, 0) is 6.54 Å². The molecule has 0 aliphatic carbocycles. The average molecular weight is 347 g/mol. The van der Waals surface area contributed by atoms with Crippen molar-refractivity contribution in [2.75, 3.05) is 13.1 Å². The van der Waals surface area contributed by atoms with Gasteiger partial charge in [0.25, 0.3) is 0 Å². The molecule has 1 aromatic carbocycles. The summed E-state index contributed by atoms with van der Waals surface area (Å²) in [6.45, 7) is 10.2. The largest absolute Gasteiger partial charge is 0.299 e. The fourth-order valence-corrected chi connectivity index (χ4v) is 4.24. The van der Waals surface area contributed by atoms with Crippen LogP contribution in [0.3, 0.4) is 0 Å². The number of halogens is 1. The number of benzene rings is 1. The molecule has 3 heteroatoms. The monoisotopic (exact) mass is 346 g/mol. The molecule has 0 bridgehead atoms. The summed E-state index contributed by atoms with van der Waals surface area (Å²) in [7, 11) is 0. The Labute approximate surface area is 152 Å². The summed E-state index contributed by atoms with van der Waals surface area (Å²) in [6.07, 6.45) is 6.67. The third-order valence-corrected chi connectivity index (χ3v) is 6.39. The molecule has 0 saturated carbocycles. The first kappa shape index (κ1) is 19.3. The van der Waals surface area contributed by atoms with Gasteiger partial charge in [0.1, 0.15) is 0 Å². The molecule has 24 heavy (non-hydrogen) atoms. The second-order valence-corrected chi connectivity index (χ2v) is 8.44. The molecule has 0 N–H and O–H groups in total. The Morgan fingerprint density at radius 3 is 2.38 bits per heavy atom. The number of nitrogens with zero attached hydrogens (tertiary/aromatic N) is 2. The van der Waals surface area contributed by atoms with Gasteiger partial charge in [-0.3, -0.25) is 4.90 Å². The SMILES string of the molecule is CCCCC(C)(C)C1(CC#N)CCN(Cc2ccc(Cl)cc2)CC1. The predicted octanol–water partition coefficient (Wildman–Crippen LogP) is 6.05. The van der Waals surface area contributed by atoms with Crippen molar-refractivity contribution in [1.82, 2.24) is 4.90 Å². The number of rotatable bonds is 7. The van der Waals surface area contributed by atoms with E-state index in [2.05, 4.69) is 43.9 Å². The smallest absolute Gasteiger partial charge is 0.0627 e. The van der Waals surface area contributed by atoms with E-state index in [-0.39, 0.29) is 10.8 Å². The number of piperidine rings is 1. The summed E-state index contributed by atoms with van der Waals surface area (Å²) < 4.78 is 0. The number of likely N-dealkylation sites (tertiary alicyclic amines) is 1. The summed E-state index contributed by atoms with van der Waals surface area (Å²) in [5.74, 6) is 0. The second-order valence-electron chi connectivity index (χ2n) is 8.01. The van der Waals surface area contributed by atoms with Crippen molar-refractivity contribution in [3.05, 3.63) is 34.9 Å². The van der Waals surface area contributed by atoms with E-state index in [0.717, 1.165) is 37.5 Å². The Hall–Kier alpha value is -1.04. The lowest BCUT2D eigenvalue weighted by atomic mass is 9.57. The maximum Gasteiger partial charge on any atom is 0.0627 e. The molecule has 0 atom stereocenters. The number of unbranched alkanes of at least 4 members (excludes halogenated alkanes) is 1. The van der Waals surface area contributed by atoms with Gasteiger partial charge in [-0.25, -0.2) is 0 Å². The van der Waals surface area contributed by atoms with E-state index >= 15 is 0 Å². The van der Waals surface area contributed by atoms with Gasteiger partial charge in [-0.15, -0.1) is 0 Å². The van der Waals surface area contributed by atoms with Crippen molar-refractivity contribution < 1.29 is 0 Å². The maximum absolute atomic E-state index is 9.42. The van der Waals surface area contributed by atoms with E-state index in [0.29, 0.717) is 6.42 Å². The van der Waals surface area contributed by atoms with E-state index in [1.54, 1.807) is 0 Å². The Morgan fingerprint density at radius 1 is 1.21 bits per heavy atom. The topological polar surface area (TPSA) is 27.0 Å². The number of nitriles is 1. The molecule has 1 aromatic rings. The second kappa shape index (κ2) is 8.37. The van der Waals surface area contributed by atoms with Crippen LogP contribution in [0.25, 0.3) is 0 Å². The molecule has 1 heterocycles. The Kier molecular flexibility index (Phi) is 6.72. The van der Waals surface area contributed by atoms with Gasteiger partial charge in [0.05, 0.1) is 6.07 Å². The summed E-state index contributed by atoms with van der Waals surface area (Å²) >= 11 is 5.97. The van der Waals surface area contributed by atoms with Crippen molar-refractivity contribution >= 4 is 11.6 Å². The lowest BCUT2D eigenvalue weighted by molar-refractivity contribution is -0.0107. The highest BCUT2D eigenvalue weighted by molar-refractivity contribution is 6.30. The number of hydrogen-bond donors (Lipinski definition) is 0. The van der Waals surface area contributed by atoms with Gasteiger partial charge in [-0.2, -0.15) is 5.26 Å². The normalized spacial score (nSPS) is 18.3. The van der Waals surface area contributed by atoms with Gasteiger partial charge in [-0.1, -0.05) is 57.3 Å². The average Bonchev–Trinajstić information content (AvgIpc) is 2.57. The van der Waals surface area contributed by atoms with Crippen molar-refractivity contribution in [3.8, 4) is 6.07 Å². The van der Waals surface area contributed by atoms with Crippen LogP contribution in [0.2, 0.25) is 5.02 Å². The van der Waals surface area contributed by atoms with Crippen LogP contribution in [0.1, 0.15) is 64.9 Å². The standard InChI is InChI=1S/C21H31ClN2/c1-4-5-10-20(2,3)21(11-14-23)12-15-24(16-13-21)17-18-6-8-19(22)9-7-18/h6-9H,4-5,10-13,15-17H2,1-3H3. The summed E-state index contributed by atoms with van der Waals surface area (Å²) in [4.78, 5) is 2.52. The molecular weight excluding hydrogens is 316 g/mol. The van der Waals surface area contributed by atoms with Crippen LogP contribution < -0.4 is 0 Å². The molecular formula is C21H31ClN2. The van der Waals surface area contributed by atoms with Crippen molar-refractivity contribution in [2.24, 2.45) is 10.8 Å². The van der Waals surface area contributed by atoms with Gasteiger partial charge < -0.3 is 0 Å². The van der Waals surface area contributed by atoms with E-state index in [9.17, 15) is 5.26 Å². The van der Waals surface area contributed by atoms with Gasteiger partial charge in [0.15, 0.2) is 0 Å². The van der Waals surface area contributed by atoms with Crippen molar-refractivity contribution in [1.29, 1.82) is 5.26 Å². The lowest BCUT2D eigenvalue weighted by Crippen LogP contribution is -2.47. The quantitative estimate of drug-likeness (QED) is 0.600. The fraction of sp³-hybridized carbons (Fsp3) is 0.667. The van der Waals surface area contributed by atoms with Crippen LogP contribution in [0.4, 0.5) is 0 Å². The predicted molar refractivity (Wildman–Crippen MR) is 102 cm³/mol. The minimum atomic E-state index is 0.174. The zero-order valence-electron chi connectivity index (χ0n) is 15.4. The first-order valence-electron chi connectivity index (χ1n) is 9.26. The van der Waals surface area contributed by atoms with Gasteiger partial charge in [0, 0.05) is 18.0 Å². The van der Waals surface area contributed by atoms with Crippen molar-refractivity contribution in [3.63, 3.8) is 0 Å². The molecule has 0 unspecified atom stereocenters. The highest BCUT2D eigenvalue weighted by Gasteiger charge is 2.45. The lowest BCUT2D eigenvalue weighted by Gasteiger charge is -2.51. The third-order valence-electron chi connectivity index (χ3n) is 6.14. The summed E-state index contributed by atoms with van der Waals surface area (Å²) in [5.41, 5.74) is 1.73. The Bertz CT molecular complexity index is 548. The van der Waals surface area contributed by atoms with Gasteiger partial charge in [0.2, 0.25) is 0 Å². The molecule has 2 nitrogen and oxygen atoms in total. The zero-order valence-corrected chi connectivity index (χ0v) is 16.2. The first-order chi connectivity index (χ1) is 11.4. The molecule has 132 valence electrons. The van der Waals surface area contributed by atoms with Crippen LogP contribution >= 0.6 is 11.6 Å². The molecule has 1 fully saturated rings. The molecule has 0 spiro atoms. The van der Waals surface area contributed by atoms with Crippen LogP contribution in [0, 0.1) is 22.2 Å². The van der Waals surface area contributed by atoms with Gasteiger partial charge in [-0.05, 0) is 60.9 Å². The highest BCUT2D eigenvalue weighted by Crippen LogP contribution is 2.52. The summed E-state index contributed by atoms with van der Waals surface area (Å²) in [5, 5.41) is 10.2. The molecule has 1 saturated heterocycles. The number of hydrogen-bond acceptors (Lipinski definition) is 2. The minimum absolute atomic E-state index is 0.174. The molecule has 1 aliphatic heterocycles. The van der Waals surface area contributed by atoms with E-state index in [1.807, 2.05) is 12.1 Å². The maximum atomic E-state index is 9.42. The van der Waals surface area contributed by atoms with Crippen LogP contribution in [0.5, 0.6) is 0 Å². The fourth-order valence-electron chi connectivity index (χ4n) is 4.12. The zero-order chi connectivity index (χ0) is 17.6. The minimum Gasteiger partial charge on any atom is -0.299 e. The molecule has 2 rings (SSSR count). The Balaban J connectivity index is 2.01. The van der Waals surface area contributed by atoms with Crippen LogP contribution in [0.15, 0.2) is 24.3 Å². The van der Waals surface area contributed by atoms with Crippen molar-refractivity contribution in [2.45, 2.75) is 65.8 Å². The third kappa shape index (κ3) is 4.52.